The molecular formula is C59H37B3NO9. The third-order valence-electron chi connectivity index (χ3n) is 12.4. The molecule has 13 rings (SSSR count). The monoisotopic (exact) mass is 936 g/mol. The highest BCUT2D eigenvalue weighted by molar-refractivity contribution is 6.21. The van der Waals surface area contributed by atoms with Crippen LogP contribution in [0.1, 0.15) is 5.56 Å². The Labute approximate surface area is 414 Å². The Balaban J connectivity index is 0.000000117. The lowest BCUT2D eigenvalue weighted by atomic mass is 9.95. The molecule has 0 bridgehead atoms. The summed E-state index contributed by atoms with van der Waals surface area (Å²) in [5.41, 5.74) is 11.5. The van der Waals surface area contributed by atoms with Crippen LogP contribution in [0.3, 0.4) is 0 Å². The summed E-state index contributed by atoms with van der Waals surface area (Å²) in [5.74, 6) is 1.60. The number of hydrogen-bond acceptors (Lipinski definition) is 10. The first-order chi connectivity index (χ1) is 35.5. The molecule has 0 aliphatic carbocycles. The van der Waals surface area contributed by atoms with E-state index in [-0.39, 0.29) is 0 Å². The third kappa shape index (κ3) is 8.74. The van der Waals surface area contributed by atoms with Crippen LogP contribution in [0, 0.1) is 11.3 Å². The average Bonchev–Trinajstić information content (AvgIpc) is 4.12. The first kappa shape index (κ1) is 45.3. The smallest absolute Gasteiger partial charge is 0.537 e. The summed E-state index contributed by atoms with van der Waals surface area (Å²) in [6.45, 7) is 0. The van der Waals surface area contributed by atoms with Crippen LogP contribution in [0.5, 0.6) is 17.2 Å². The standard InChI is InChI=1S/C22H14BO3.C19H11BNO3.C18H12BO3/c24-23-26-16-10-11-18-19-12-15-8-4-5-9-17(15)21(14-6-2-1-3-7-14)22(19)25-20(18)13-16;21-11-12-3-1-4-13(9-12)15-5-2-6-17-16-8-7-14(24-20-22)10-18(16)23-19(15)17;20-19-22-17-8-4-7-16-18(17)14-11-13(9-10-15(14)21-16)12-5-2-1-3-6-12/h1-13,24H;1-10,22H;1-11,20H. The summed E-state index contributed by atoms with van der Waals surface area (Å²) >= 11 is 0. The molecule has 3 aromatic heterocycles. The Kier molecular flexibility index (Phi) is 12.6. The predicted molar refractivity (Wildman–Crippen MR) is 285 cm³/mol. The molecule has 0 spiro atoms. The number of fused-ring (bicyclic) bond motifs is 10. The quantitative estimate of drug-likeness (QED) is 0.119. The fraction of sp³-hybridized carbons (Fsp3) is 0. The van der Waals surface area contributed by atoms with E-state index in [4.69, 9.17) is 47.5 Å². The van der Waals surface area contributed by atoms with Crippen molar-refractivity contribution in [3.8, 4) is 56.7 Å². The zero-order valence-electron chi connectivity index (χ0n) is 38.1. The Bertz CT molecular complexity index is 4130. The number of benzene rings is 10. The fourth-order valence-corrected chi connectivity index (χ4v) is 9.24. The Morgan fingerprint density at radius 1 is 0.389 bits per heavy atom. The van der Waals surface area contributed by atoms with Crippen LogP contribution in [-0.4, -0.2) is 38.1 Å². The minimum absolute atomic E-state index is 0.497. The first-order valence-corrected chi connectivity index (χ1v) is 22.8. The van der Waals surface area contributed by atoms with Gasteiger partial charge in [0.15, 0.2) is 0 Å². The SMILES string of the molecule is N#Cc1cccc(-c2cccc3c2oc2cc(O[B]O)ccc23)c1.O[B]Oc1ccc2c(c1)oc1c(-c3ccccc3)c3ccccc3cc12.O[B]Oc1cccc2oc3ccc(-c4ccccc4)cc3c12. The fourth-order valence-electron chi connectivity index (χ4n) is 9.24. The van der Waals surface area contributed by atoms with E-state index < -0.39 is 0 Å². The van der Waals surface area contributed by atoms with E-state index in [1.807, 2.05) is 127 Å². The van der Waals surface area contributed by atoms with Gasteiger partial charge in [-0.2, -0.15) is 5.26 Å². The minimum atomic E-state index is 0.497. The van der Waals surface area contributed by atoms with Gasteiger partial charge in [-0.1, -0.05) is 127 Å². The number of hydrogen-bond donors (Lipinski definition) is 3. The second-order valence-electron chi connectivity index (χ2n) is 16.6. The highest BCUT2D eigenvalue weighted by Gasteiger charge is 2.18. The molecule has 341 valence electrons. The predicted octanol–water partition coefficient (Wildman–Crippen LogP) is 13.5. The van der Waals surface area contributed by atoms with E-state index in [0.717, 1.165) is 99.0 Å². The number of nitriles is 1. The molecule has 0 saturated carbocycles. The van der Waals surface area contributed by atoms with Crippen LogP contribution < -0.4 is 14.0 Å². The highest BCUT2D eigenvalue weighted by Crippen LogP contribution is 2.43. The van der Waals surface area contributed by atoms with Crippen molar-refractivity contribution in [3.05, 3.63) is 212 Å². The molecule has 0 saturated heterocycles. The van der Waals surface area contributed by atoms with E-state index in [2.05, 4.69) is 54.6 Å². The molecular weight excluding hydrogens is 899 g/mol. The molecule has 10 aromatic carbocycles. The summed E-state index contributed by atoms with van der Waals surface area (Å²) in [7, 11) is 2.00. The van der Waals surface area contributed by atoms with Gasteiger partial charge in [0, 0.05) is 50.2 Å². The van der Waals surface area contributed by atoms with E-state index >= 15 is 0 Å². The number of nitrogens with zero attached hydrogens (tertiary/aromatic N) is 1. The van der Waals surface area contributed by atoms with Crippen LogP contribution in [-0.2, 0) is 0 Å². The van der Waals surface area contributed by atoms with Crippen molar-refractivity contribution in [3.63, 3.8) is 0 Å². The molecule has 3 heterocycles. The molecule has 13 heteroatoms. The summed E-state index contributed by atoms with van der Waals surface area (Å²) in [6.07, 6.45) is 0. The van der Waals surface area contributed by atoms with E-state index in [0.29, 0.717) is 51.5 Å². The maximum absolute atomic E-state index is 9.11. The Morgan fingerprint density at radius 2 is 1.01 bits per heavy atom. The van der Waals surface area contributed by atoms with Gasteiger partial charge >= 0.3 is 23.1 Å². The molecule has 0 unspecified atom stereocenters. The summed E-state index contributed by atoms with van der Waals surface area (Å²) < 4.78 is 33.4. The number of furan rings is 3. The maximum Gasteiger partial charge on any atom is 0.569 e. The lowest BCUT2D eigenvalue weighted by Gasteiger charge is -2.08. The van der Waals surface area contributed by atoms with Gasteiger partial charge in [-0.15, -0.1) is 0 Å². The topological polar surface area (TPSA) is 152 Å². The lowest BCUT2D eigenvalue weighted by molar-refractivity contribution is 0.452. The van der Waals surface area contributed by atoms with Gasteiger partial charge in [-0.3, -0.25) is 0 Å². The average molecular weight is 936 g/mol. The van der Waals surface area contributed by atoms with E-state index in [1.54, 1.807) is 30.3 Å². The van der Waals surface area contributed by atoms with Gasteiger partial charge in [0.2, 0.25) is 0 Å². The van der Waals surface area contributed by atoms with Gasteiger partial charge in [-0.05, 0) is 99.8 Å². The summed E-state index contributed by atoms with van der Waals surface area (Å²) in [6, 6.07) is 69.1. The third-order valence-corrected chi connectivity index (χ3v) is 12.4. The molecule has 0 aliphatic rings. The number of rotatable bonds is 9. The lowest BCUT2D eigenvalue weighted by Crippen LogP contribution is -1.99. The molecule has 10 nitrogen and oxygen atoms in total. The van der Waals surface area contributed by atoms with Crippen molar-refractivity contribution in [2.24, 2.45) is 0 Å². The van der Waals surface area contributed by atoms with Crippen LogP contribution in [0.15, 0.2) is 220 Å². The van der Waals surface area contributed by atoms with Crippen molar-refractivity contribution in [1.29, 1.82) is 5.26 Å². The van der Waals surface area contributed by atoms with Crippen molar-refractivity contribution < 1.29 is 42.3 Å². The zero-order valence-corrected chi connectivity index (χ0v) is 38.1. The summed E-state index contributed by atoms with van der Waals surface area (Å²) in [5, 5.41) is 43.9. The van der Waals surface area contributed by atoms with Gasteiger partial charge in [0.05, 0.1) is 17.0 Å². The number of para-hydroxylation sites is 1. The van der Waals surface area contributed by atoms with E-state index in [9.17, 15) is 0 Å². The second-order valence-corrected chi connectivity index (χ2v) is 16.6. The van der Waals surface area contributed by atoms with Crippen molar-refractivity contribution in [2.75, 3.05) is 0 Å². The van der Waals surface area contributed by atoms with Gasteiger partial charge < -0.3 is 42.3 Å². The molecule has 3 N–H and O–H groups in total. The largest absolute Gasteiger partial charge is 0.569 e. The molecule has 0 fully saturated rings. The van der Waals surface area contributed by atoms with Crippen LogP contribution in [0.4, 0.5) is 0 Å². The molecule has 0 amide bonds. The maximum atomic E-state index is 9.11. The minimum Gasteiger partial charge on any atom is -0.537 e. The van der Waals surface area contributed by atoms with Crippen molar-refractivity contribution in [1.82, 2.24) is 0 Å². The van der Waals surface area contributed by atoms with Gasteiger partial charge in [0.1, 0.15) is 50.7 Å². The van der Waals surface area contributed by atoms with Crippen molar-refractivity contribution in [2.45, 2.75) is 0 Å². The Hall–Kier alpha value is -9.18. The summed E-state index contributed by atoms with van der Waals surface area (Å²) in [4.78, 5) is 0. The van der Waals surface area contributed by atoms with Gasteiger partial charge in [0.25, 0.3) is 0 Å². The molecule has 0 atom stereocenters. The highest BCUT2D eigenvalue weighted by atomic mass is 16.5. The molecule has 0 aliphatic heterocycles. The van der Waals surface area contributed by atoms with Gasteiger partial charge in [-0.25, -0.2) is 0 Å². The molecule has 72 heavy (non-hydrogen) atoms. The van der Waals surface area contributed by atoms with Crippen LogP contribution in [0.2, 0.25) is 0 Å². The zero-order chi connectivity index (χ0) is 49.0. The first-order valence-electron chi connectivity index (χ1n) is 22.8. The normalized spacial score (nSPS) is 11.0. The van der Waals surface area contributed by atoms with E-state index in [1.165, 1.54) is 5.39 Å². The van der Waals surface area contributed by atoms with Crippen LogP contribution in [0.25, 0.3) is 110 Å². The van der Waals surface area contributed by atoms with Crippen molar-refractivity contribution >= 4 is 99.6 Å². The molecule has 3 radical (unpaired) electrons. The second kappa shape index (κ2) is 20.0. The van der Waals surface area contributed by atoms with Crippen LogP contribution >= 0.6 is 0 Å². The Morgan fingerprint density at radius 3 is 1.74 bits per heavy atom. The molecule has 13 aromatic rings.